The standard InChI is InChI=1S/C21H39N3O3/c1-2-3-4-5-6-7-14-25-17-8-10-18(11-9-17)26-16-27-19-12-13-20-21(15-19)23-24-22-20/h17-21H,2-16H2,1H3,(H,22,23). The fraction of sp³-hybridized carbons (Fsp3) is 1.00. The van der Waals surface area contributed by atoms with Gasteiger partial charge in [-0.25, -0.2) is 0 Å². The van der Waals surface area contributed by atoms with Gasteiger partial charge in [0.2, 0.25) is 0 Å². The van der Waals surface area contributed by atoms with Crippen LogP contribution in [0.4, 0.5) is 0 Å². The minimum atomic E-state index is 0.277. The zero-order valence-electron chi connectivity index (χ0n) is 17.1. The van der Waals surface area contributed by atoms with Crippen molar-refractivity contribution in [3.63, 3.8) is 0 Å². The molecule has 0 spiro atoms. The van der Waals surface area contributed by atoms with Gasteiger partial charge < -0.3 is 14.2 Å². The van der Waals surface area contributed by atoms with Gasteiger partial charge >= 0.3 is 0 Å². The highest BCUT2D eigenvalue weighted by Crippen LogP contribution is 2.28. The second-order valence-corrected chi connectivity index (χ2v) is 8.44. The second-order valence-electron chi connectivity index (χ2n) is 8.44. The third-order valence-corrected chi connectivity index (χ3v) is 6.28. The van der Waals surface area contributed by atoms with E-state index < -0.39 is 0 Å². The van der Waals surface area contributed by atoms with Gasteiger partial charge in [0.05, 0.1) is 30.4 Å². The average molecular weight is 382 g/mol. The highest BCUT2D eigenvalue weighted by molar-refractivity contribution is 4.91. The number of rotatable bonds is 12. The Morgan fingerprint density at radius 1 is 0.778 bits per heavy atom. The van der Waals surface area contributed by atoms with E-state index in [2.05, 4.69) is 22.7 Å². The van der Waals surface area contributed by atoms with Crippen molar-refractivity contribution in [3.05, 3.63) is 0 Å². The zero-order valence-corrected chi connectivity index (χ0v) is 17.1. The molecule has 0 aromatic rings. The highest BCUT2D eigenvalue weighted by Gasteiger charge is 2.34. The normalized spacial score (nSPS) is 33.0. The van der Waals surface area contributed by atoms with Crippen LogP contribution in [0.5, 0.6) is 0 Å². The van der Waals surface area contributed by atoms with Crippen LogP contribution < -0.4 is 5.43 Å². The van der Waals surface area contributed by atoms with Gasteiger partial charge in [-0.3, -0.25) is 5.43 Å². The molecule has 1 heterocycles. The Labute approximate surface area is 164 Å². The molecule has 27 heavy (non-hydrogen) atoms. The minimum absolute atomic E-state index is 0.277. The van der Waals surface area contributed by atoms with Gasteiger partial charge in [-0.2, -0.15) is 5.11 Å². The Balaban J connectivity index is 1.16. The van der Waals surface area contributed by atoms with Crippen LogP contribution in [0.2, 0.25) is 0 Å². The summed E-state index contributed by atoms with van der Waals surface area (Å²) in [7, 11) is 0. The van der Waals surface area contributed by atoms with Gasteiger partial charge in [0.15, 0.2) is 0 Å². The van der Waals surface area contributed by atoms with E-state index in [9.17, 15) is 0 Å². The Morgan fingerprint density at radius 2 is 1.44 bits per heavy atom. The lowest BCUT2D eigenvalue weighted by atomic mass is 9.89. The minimum Gasteiger partial charge on any atom is -0.378 e. The average Bonchev–Trinajstić information content (AvgIpc) is 3.16. The number of fused-ring (bicyclic) bond motifs is 1. The molecule has 6 heteroatoms. The van der Waals surface area contributed by atoms with Crippen LogP contribution in [-0.4, -0.2) is 43.8 Å². The van der Waals surface area contributed by atoms with Crippen molar-refractivity contribution in [2.24, 2.45) is 10.3 Å². The predicted molar refractivity (Wildman–Crippen MR) is 106 cm³/mol. The lowest BCUT2D eigenvalue weighted by molar-refractivity contribution is -0.140. The van der Waals surface area contributed by atoms with Crippen LogP contribution in [-0.2, 0) is 14.2 Å². The summed E-state index contributed by atoms with van der Waals surface area (Å²) in [6, 6.07) is 0.723. The molecule has 156 valence electrons. The summed E-state index contributed by atoms with van der Waals surface area (Å²) in [6.45, 7) is 3.62. The molecule has 0 radical (unpaired) electrons. The third-order valence-electron chi connectivity index (χ3n) is 6.28. The number of ether oxygens (including phenoxy) is 3. The van der Waals surface area contributed by atoms with E-state index in [4.69, 9.17) is 14.2 Å². The number of unbranched alkanes of at least 4 members (excludes halogenated alkanes) is 5. The SMILES string of the molecule is CCCCCCCCOC1CCC(OCOC2CCC3N=NNC3C2)CC1. The van der Waals surface area contributed by atoms with Crippen molar-refractivity contribution in [3.8, 4) is 0 Å². The smallest absolute Gasteiger partial charge is 0.147 e. The molecule has 6 nitrogen and oxygen atoms in total. The Hall–Kier alpha value is -0.720. The number of nitrogens with one attached hydrogen (secondary N) is 1. The second kappa shape index (κ2) is 12.0. The van der Waals surface area contributed by atoms with Gasteiger partial charge in [-0.1, -0.05) is 44.3 Å². The first-order valence-electron chi connectivity index (χ1n) is 11.4. The first-order valence-corrected chi connectivity index (χ1v) is 11.4. The van der Waals surface area contributed by atoms with E-state index in [1.165, 1.54) is 38.5 Å². The molecule has 0 aromatic carbocycles. The van der Waals surface area contributed by atoms with Crippen molar-refractivity contribution >= 4 is 0 Å². The van der Waals surface area contributed by atoms with E-state index in [1.807, 2.05) is 0 Å². The lowest BCUT2D eigenvalue weighted by Crippen LogP contribution is -2.40. The molecule has 3 aliphatic rings. The maximum absolute atomic E-state index is 6.07. The molecular formula is C21H39N3O3. The number of hydrogen-bond donors (Lipinski definition) is 1. The Bertz CT molecular complexity index is 427. The molecule has 2 aliphatic carbocycles. The third kappa shape index (κ3) is 7.31. The maximum atomic E-state index is 6.07. The van der Waals surface area contributed by atoms with E-state index in [0.29, 0.717) is 31.1 Å². The van der Waals surface area contributed by atoms with Crippen molar-refractivity contribution < 1.29 is 14.2 Å². The Morgan fingerprint density at radius 3 is 2.26 bits per heavy atom. The summed E-state index contributed by atoms with van der Waals surface area (Å²) >= 11 is 0. The van der Waals surface area contributed by atoms with Crippen molar-refractivity contribution in [2.45, 2.75) is 121 Å². The molecule has 1 N–H and O–H groups in total. The van der Waals surface area contributed by atoms with Crippen LogP contribution in [0.3, 0.4) is 0 Å². The molecule has 3 unspecified atom stereocenters. The zero-order chi connectivity index (χ0) is 18.7. The maximum Gasteiger partial charge on any atom is 0.147 e. The van der Waals surface area contributed by atoms with Gasteiger partial charge in [-0.15, -0.1) is 0 Å². The summed E-state index contributed by atoms with van der Waals surface area (Å²) in [5.41, 5.74) is 3.09. The fourth-order valence-electron chi connectivity index (χ4n) is 4.46. The lowest BCUT2D eigenvalue weighted by Gasteiger charge is -2.31. The molecule has 0 amide bonds. The number of hydrogen-bond acceptors (Lipinski definition) is 6. The topological polar surface area (TPSA) is 64.4 Å². The molecule has 3 rings (SSSR count). The van der Waals surface area contributed by atoms with E-state index in [0.717, 1.165) is 51.6 Å². The van der Waals surface area contributed by atoms with Gasteiger partial charge in [0.25, 0.3) is 0 Å². The van der Waals surface area contributed by atoms with Gasteiger partial charge in [0, 0.05) is 6.61 Å². The van der Waals surface area contributed by atoms with Gasteiger partial charge in [0.1, 0.15) is 6.79 Å². The first kappa shape index (κ1) is 21.0. The summed E-state index contributed by atoms with van der Waals surface area (Å²) in [5.74, 6) is 0. The van der Waals surface area contributed by atoms with Crippen LogP contribution >= 0.6 is 0 Å². The number of nitrogens with zero attached hydrogens (tertiary/aromatic N) is 2. The van der Waals surface area contributed by atoms with E-state index in [-0.39, 0.29) is 6.10 Å². The fourth-order valence-corrected chi connectivity index (χ4v) is 4.46. The van der Waals surface area contributed by atoms with E-state index in [1.54, 1.807) is 0 Å². The van der Waals surface area contributed by atoms with Crippen molar-refractivity contribution in [2.75, 3.05) is 13.4 Å². The van der Waals surface area contributed by atoms with Crippen molar-refractivity contribution in [1.29, 1.82) is 0 Å². The summed E-state index contributed by atoms with van der Waals surface area (Å²) in [6.07, 6.45) is 16.6. The first-order chi connectivity index (χ1) is 13.3. The monoisotopic (exact) mass is 381 g/mol. The molecule has 1 aliphatic heterocycles. The summed E-state index contributed by atoms with van der Waals surface area (Å²) in [4.78, 5) is 0. The van der Waals surface area contributed by atoms with Crippen LogP contribution in [0.1, 0.15) is 90.4 Å². The van der Waals surface area contributed by atoms with Crippen LogP contribution in [0.25, 0.3) is 0 Å². The molecule has 2 fully saturated rings. The molecule has 0 aromatic heterocycles. The molecule has 3 atom stereocenters. The molecule has 0 bridgehead atoms. The molecule has 2 saturated carbocycles. The van der Waals surface area contributed by atoms with Crippen molar-refractivity contribution in [1.82, 2.24) is 5.43 Å². The summed E-state index contributed by atoms with van der Waals surface area (Å²) < 4.78 is 18.0. The highest BCUT2D eigenvalue weighted by atomic mass is 16.7. The predicted octanol–water partition coefficient (Wildman–Crippen LogP) is 4.93. The quantitative estimate of drug-likeness (QED) is 0.385. The molecule has 0 saturated heterocycles. The van der Waals surface area contributed by atoms with Crippen LogP contribution in [0.15, 0.2) is 10.3 Å². The Kier molecular flexibility index (Phi) is 9.31. The van der Waals surface area contributed by atoms with Crippen LogP contribution in [0, 0.1) is 0 Å². The van der Waals surface area contributed by atoms with E-state index >= 15 is 0 Å². The van der Waals surface area contributed by atoms with Gasteiger partial charge in [-0.05, 0) is 51.4 Å². The summed E-state index contributed by atoms with van der Waals surface area (Å²) in [5, 5.41) is 8.15. The molecular weight excluding hydrogens is 342 g/mol. The largest absolute Gasteiger partial charge is 0.378 e.